The smallest absolute Gasteiger partial charge is 0.0642 e. The van der Waals surface area contributed by atoms with Gasteiger partial charge in [-0.05, 0) is 35.4 Å². The van der Waals surface area contributed by atoms with Crippen LogP contribution < -0.4 is 0 Å². The molecule has 1 aliphatic heterocycles. The maximum Gasteiger partial charge on any atom is 0.0642 e. The predicted octanol–water partition coefficient (Wildman–Crippen LogP) is 4.36. The molecule has 0 bridgehead atoms. The molecule has 0 amide bonds. The number of hydrazone groups is 1. The molecule has 1 aromatic heterocycles. The van der Waals surface area contributed by atoms with Crippen LogP contribution in [0.1, 0.15) is 15.3 Å². The van der Waals surface area contributed by atoms with Gasteiger partial charge in [0, 0.05) is 42.5 Å². The summed E-state index contributed by atoms with van der Waals surface area (Å²) in [6.45, 7) is 7.25. The van der Waals surface area contributed by atoms with Gasteiger partial charge in [0.05, 0.1) is 6.21 Å². The monoisotopic (exact) mass is 349 g/mol. The van der Waals surface area contributed by atoms with Crippen molar-refractivity contribution in [3.63, 3.8) is 0 Å². The number of aryl methyl sites for hydroxylation is 1. The molecular formula is C21H23N3S. The minimum absolute atomic E-state index is 0.992. The minimum atomic E-state index is 0.992. The van der Waals surface area contributed by atoms with E-state index >= 15 is 0 Å². The molecule has 0 saturated carbocycles. The van der Waals surface area contributed by atoms with Gasteiger partial charge in [0.1, 0.15) is 0 Å². The summed E-state index contributed by atoms with van der Waals surface area (Å²) in [5.74, 6) is 0. The van der Waals surface area contributed by atoms with E-state index in [0.717, 1.165) is 32.7 Å². The maximum atomic E-state index is 4.65. The lowest BCUT2D eigenvalue weighted by atomic mass is 10.0. The van der Waals surface area contributed by atoms with Gasteiger partial charge in [-0.3, -0.25) is 9.91 Å². The zero-order valence-electron chi connectivity index (χ0n) is 14.6. The van der Waals surface area contributed by atoms with Gasteiger partial charge in [0.2, 0.25) is 0 Å². The van der Waals surface area contributed by atoms with E-state index in [2.05, 4.69) is 76.5 Å². The third kappa shape index (κ3) is 3.91. The molecule has 2 heterocycles. The van der Waals surface area contributed by atoms with Crippen molar-refractivity contribution in [1.82, 2.24) is 9.91 Å². The van der Waals surface area contributed by atoms with Crippen molar-refractivity contribution in [2.24, 2.45) is 5.10 Å². The standard InChI is InChI=1S/C21H23N3S/c1-17-9-10-20(25-17)15-22-24-13-11-23(12-14-24)16-19-7-4-6-18-5-2-3-8-21(18)19/h2-10,15H,11-14,16H2,1H3. The fourth-order valence-corrected chi connectivity index (χ4v) is 4.09. The molecule has 4 rings (SSSR count). The van der Waals surface area contributed by atoms with Gasteiger partial charge in [-0.25, -0.2) is 0 Å². The van der Waals surface area contributed by atoms with Crippen LogP contribution in [0.5, 0.6) is 0 Å². The second kappa shape index (κ2) is 7.38. The molecule has 1 fully saturated rings. The van der Waals surface area contributed by atoms with Crippen LogP contribution in [0.3, 0.4) is 0 Å². The van der Waals surface area contributed by atoms with E-state index in [4.69, 9.17) is 0 Å². The summed E-state index contributed by atoms with van der Waals surface area (Å²) in [5.41, 5.74) is 1.42. The lowest BCUT2D eigenvalue weighted by Crippen LogP contribution is -2.43. The Morgan fingerprint density at radius 1 is 0.960 bits per heavy atom. The molecule has 25 heavy (non-hydrogen) atoms. The van der Waals surface area contributed by atoms with Crippen molar-refractivity contribution < 1.29 is 0 Å². The molecule has 1 saturated heterocycles. The maximum absolute atomic E-state index is 4.65. The molecule has 0 N–H and O–H groups in total. The summed E-state index contributed by atoms with van der Waals surface area (Å²) < 4.78 is 0. The van der Waals surface area contributed by atoms with Crippen LogP contribution in [-0.2, 0) is 6.54 Å². The van der Waals surface area contributed by atoms with E-state index in [1.165, 1.54) is 26.1 Å². The van der Waals surface area contributed by atoms with Crippen molar-refractivity contribution in [2.45, 2.75) is 13.5 Å². The number of hydrogen-bond acceptors (Lipinski definition) is 4. The SMILES string of the molecule is Cc1ccc(C=NN2CCN(Cc3cccc4ccccc34)CC2)s1. The third-order valence-electron chi connectivity index (χ3n) is 4.73. The molecule has 4 heteroatoms. The number of rotatable bonds is 4. The number of benzene rings is 2. The summed E-state index contributed by atoms with van der Waals surface area (Å²) in [7, 11) is 0. The highest BCUT2D eigenvalue weighted by atomic mass is 32.1. The van der Waals surface area contributed by atoms with Gasteiger partial charge in [-0.2, -0.15) is 5.10 Å². The zero-order chi connectivity index (χ0) is 17.1. The number of fused-ring (bicyclic) bond motifs is 1. The van der Waals surface area contributed by atoms with E-state index in [1.54, 1.807) is 11.3 Å². The minimum Gasteiger partial charge on any atom is -0.295 e. The first kappa shape index (κ1) is 16.3. The van der Waals surface area contributed by atoms with Crippen LogP contribution in [-0.4, -0.2) is 42.3 Å². The van der Waals surface area contributed by atoms with E-state index in [1.807, 2.05) is 6.21 Å². The number of piperazine rings is 1. The molecule has 2 aromatic carbocycles. The average molecular weight is 350 g/mol. The normalized spacial score (nSPS) is 16.1. The fraction of sp³-hybridized carbons (Fsp3) is 0.286. The molecule has 0 radical (unpaired) electrons. The Morgan fingerprint density at radius 3 is 2.56 bits per heavy atom. The second-order valence-electron chi connectivity index (χ2n) is 6.56. The Labute approximate surface area is 153 Å². The zero-order valence-corrected chi connectivity index (χ0v) is 15.4. The molecule has 0 atom stereocenters. The van der Waals surface area contributed by atoms with Crippen LogP contribution in [0.15, 0.2) is 59.7 Å². The van der Waals surface area contributed by atoms with Crippen LogP contribution in [0.25, 0.3) is 10.8 Å². The topological polar surface area (TPSA) is 18.8 Å². The van der Waals surface area contributed by atoms with Crippen LogP contribution >= 0.6 is 11.3 Å². The molecule has 3 aromatic rings. The molecule has 1 aliphatic rings. The summed E-state index contributed by atoms with van der Waals surface area (Å²) >= 11 is 1.79. The van der Waals surface area contributed by atoms with Gasteiger partial charge >= 0.3 is 0 Å². The van der Waals surface area contributed by atoms with Crippen molar-refractivity contribution >= 4 is 28.3 Å². The van der Waals surface area contributed by atoms with E-state index in [-0.39, 0.29) is 0 Å². The summed E-state index contributed by atoms with van der Waals surface area (Å²) in [6.07, 6.45) is 2.00. The number of nitrogens with zero attached hydrogens (tertiary/aromatic N) is 3. The quantitative estimate of drug-likeness (QED) is 0.652. The highest BCUT2D eigenvalue weighted by Gasteiger charge is 2.16. The summed E-state index contributed by atoms with van der Waals surface area (Å²) in [6, 6.07) is 19.6. The van der Waals surface area contributed by atoms with E-state index in [0.29, 0.717) is 0 Å². The molecule has 128 valence electrons. The first-order valence-corrected chi connectivity index (χ1v) is 9.64. The van der Waals surface area contributed by atoms with E-state index in [9.17, 15) is 0 Å². The number of hydrogen-bond donors (Lipinski definition) is 0. The molecule has 0 unspecified atom stereocenters. The van der Waals surface area contributed by atoms with Crippen molar-refractivity contribution in [3.8, 4) is 0 Å². The summed E-state index contributed by atoms with van der Waals surface area (Å²) in [4.78, 5) is 5.10. The summed E-state index contributed by atoms with van der Waals surface area (Å²) in [5, 5.41) is 9.54. The predicted molar refractivity (Wildman–Crippen MR) is 107 cm³/mol. The Balaban J connectivity index is 1.36. The average Bonchev–Trinajstić information content (AvgIpc) is 3.07. The molecule has 0 spiro atoms. The largest absolute Gasteiger partial charge is 0.295 e. The molecular weight excluding hydrogens is 326 g/mol. The van der Waals surface area contributed by atoms with Gasteiger partial charge in [0.25, 0.3) is 0 Å². The first-order chi connectivity index (χ1) is 12.3. The lowest BCUT2D eigenvalue weighted by Gasteiger charge is -2.33. The Hall–Kier alpha value is -2.17. The third-order valence-corrected chi connectivity index (χ3v) is 5.67. The van der Waals surface area contributed by atoms with Gasteiger partial charge in [0.15, 0.2) is 0 Å². The van der Waals surface area contributed by atoms with E-state index < -0.39 is 0 Å². The second-order valence-corrected chi connectivity index (χ2v) is 7.88. The highest BCUT2D eigenvalue weighted by Crippen LogP contribution is 2.20. The Morgan fingerprint density at radius 2 is 1.76 bits per heavy atom. The first-order valence-electron chi connectivity index (χ1n) is 8.82. The molecule has 3 nitrogen and oxygen atoms in total. The van der Waals surface area contributed by atoms with Crippen LogP contribution in [0.2, 0.25) is 0 Å². The molecule has 0 aliphatic carbocycles. The Kier molecular flexibility index (Phi) is 4.81. The lowest BCUT2D eigenvalue weighted by molar-refractivity contribution is 0.131. The Bertz CT molecular complexity index is 870. The van der Waals surface area contributed by atoms with Crippen molar-refractivity contribution in [2.75, 3.05) is 26.2 Å². The van der Waals surface area contributed by atoms with Crippen molar-refractivity contribution in [1.29, 1.82) is 0 Å². The number of thiophene rings is 1. The van der Waals surface area contributed by atoms with Gasteiger partial charge in [-0.15, -0.1) is 11.3 Å². The van der Waals surface area contributed by atoms with Crippen molar-refractivity contribution in [3.05, 3.63) is 69.9 Å². The van der Waals surface area contributed by atoms with Crippen LogP contribution in [0, 0.1) is 6.92 Å². The highest BCUT2D eigenvalue weighted by molar-refractivity contribution is 7.13. The van der Waals surface area contributed by atoms with Gasteiger partial charge in [-0.1, -0.05) is 42.5 Å². The van der Waals surface area contributed by atoms with Crippen LogP contribution in [0.4, 0.5) is 0 Å². The van der Waals surface area contributed by atoms with Gasteiger partial charge < -0.3 is 0 Å². The fourth-order valence-electron chi connectivity index (χ4n) is 3.34.